The Morgan fingerprint density at radius 3 is 2.96 bits per heavy atom. The monoisotopic (exact) mass is 399 g/mol. The first kappa shape index (κ1) is 17.6. The average Bonchev–Trinajstić information content (AvgIpc) is 3.39. The molecule has 0 aliphatic rings. The predicted molar refractivity (Wildman–Crippen MR) is 104 cm³/mol. The molecule has 3 aromatic heterocycles. The highest BCUT2D eigenvalue weighted by Gasteiger charge is 2.09. The fourth-order valence-corrected chi connectivity index (χ4v) is 4.10. The zero-order chi connectivity index (χ0) is 18.5. The number of benzene rings is 1. The molecule has 0 atom stereocenters. The number of rotatable bonds is 8. The molecular weight excluding hydrogens is 382 g/mol. The molecule has 9 heteroatoms. The van der Waals surface area contributed by atoms with Crippen molar-refractivity contribution in [2.45, 2.75) is 19.4 Å². The maximum atomic E-state index is 12.1. The van der Waals surface area contributed by atoms with Crippen LogP contribution in [0.4, 0.5) is 0 Å². The number of thiazole rings is 2. The topological polar surface area (TPSA) is 81.4 Å². The highest BCUT2D eigenvalue weighted by Crippen LogP contribution is 2.15. The molecule has 0 radical (unpaired) electrons. The molecule has 0 unspecified atom stereocenters. The van der Waals surface area contributed by atoms with E-state index in [0.717, 1.165) is 27.1 Å². The maximum absolute atomic E-state index is 12.1. The van der Waals surface area contributed by atoms with Crippen LogP contribution in [0, 0.1) is 0 Å². The van der Waals surface area contributed by atoms with Gasteiger partial charge in [-0.1, -0.05) is 18.2 Å². The predicted octanol–water partition coefficient (Wildman–Crippen LogP) is 2.73. The van der Waals surface area contributed by atoms with E-state index in [4.69, 9.17) is 4.74 Å². The van der Waals surface area contributed by atoms with Crippen molar-refractivity contribution in [1.82, 2.24) is 24.9 Å². The SMILES string of the molecule is O=C(Cc1csc(COc2ccccc2)n1)NCCc1csc2ncnn12. The minimum atomic E-state index is -0.0408. The van der Waals surface area contributed by atoms with Gasteiger partial charge >= 0.3 is 0 Å². The maximum Gasteiger partial charge on any atom is 0.226 e. The molecule has 0 bridgehead atoms. The lowest BCUT2D eigenvalue weighted by Gasteiger charge is -2.04. The van der Waals surface area contributed by atoms with Crippen molar-refractivity contribution in [2.75, 3.05) is 6.54 Å². The Balaban J connectivity index is 1.22. The van der Waals surface area contributed by atoms with Gasteiger partial charge in [-0.2, -0.15) is 5.10 Å². The number of carbonyl (C=O) groups excluding carboxylic acids is 1. The van der Waals surface area contributed by atoms with E-state index in [1.807, 2.05) is 41.1 Å². The van der Waals surface area contributed by atoms with Crippen LogP contribution in [0.1, 0.15) is 16.4 Å². The van der Waals surface area contributed by atoms with E-state index >= 15 is 0 Å². The number of para-hydroxylation sites is 1. The second-order valence-electron chi connectivity index (χ2n) is 5.79. The number of hydrogen-bond donors (Lipinski definition) is 1. The third kappa shape index (κ3) is 4.50. The number of nitrogens with one attached hydrogen (secondary N) is 1. The summed E-state index contributed by atoms with van der Waals surface area (Å²) < 4.78 is 7.48. The molecule has 0 aliphatic carbocycles. The summed E-state index contributed by atoms with van der Waals surface area (Å²) in [5.41, 5.74) is 1.81. The van der Waals surface area contributed by atoms with Gasteiger partial charge in [-0.3, -0.25) is 4.79 Å². The summed E-state index contributed by atoms with van der Waals surface area (Å²) in [5.74, 6) is 0.766. The first-order valence-corrected chi connectivity index (χ1v) is 10.2. The summed E-state index contributed by atoms with van der Waals surface area (Å²) >= 11 is 3.05. The first-order valence-electron chi connectivity index (χ1n) is 8.42. The number of aromatic nitrogens is 4. The van der Waals surface area contributed by atoms with Gasteiger partial charge in [-0.25, -0.2) is 14.5 Å². The van der Waals surface area contributed by atoms with Crippen LogP contribution in [0.25, 0.3) is 4.96 Å². The summed E-state index contributed by atoms with van der Waals surface area (Å²) in [6.45, 7) is 0.959. The molecule has 4 rings (SSSR count). The second-order valence-corrected chi connectivity index (χ2v) is 7.57. The van der Waals surface area contributed by atoms with Gasteiger partial charge in [0.2, 0.25) is 10.9 Å². The molecule has 4 aromatic rings. The molecule has 0 saturated carbocycles. The Labute approximate surface area is 163 Å². The molecule has 1 N–H and O–H groups in total. The molecule has 3 heterocycles. The molecule has 7 nitrogen and oxygen atoms in total. The van der Waals surface area contributed by atoms with Gasteiger partial charge in [-0.15, -0.1) is 22.7 Å². The fraction of sp³-hybridized carbons (Fsp3) is 0.222. The Morgan fingerprint density at radius 2 is 2.07 bits per heavy atom. The van der Waals surface area contributed by atoms with Crippen LogP contribution in [-0.4, -0.2) is 32.0 Å². The molecule has 0 fully saturated rings. The van der Waals surface area contributed by atoms with Crippen molar-refractivity contribution >= 4 is 33.5 Å². The largest absolute Gasteiger partial charge is 0.486 e. The minimum Gasteiger partial charge on any atom is -0.486 e. The lowest BCUT2D eigenvalue weighted by molar-refractivity contribution is -0.120. The van der Waals surface area contributed by atoms with Crippen molar-refractivity contribution in [3.05, 3.63) is 63.8 Å². The zero-order valence-electron chi connectivity index (χ0n) is 14.4. The zero-order valence-corrected chi connectivity index (χ0v) is 16.0. The summed E-state index contributed by atoms with van der Waals surface area (Å²) in [6.07, 6.45) is 2.52. The Morgan fingerprint density at radius 1 is 1.19 bits per heavy atom. The number of nitrogens with zero attached hydrogens (tertiary/aromatic N) is 4. The molecule has 27 heavy (non-hydrogen) atoms. The number of ether oxygens (including phenoxy) is 1. The lowest BCUT2D eigenvalue weighted by atomic mass is 10.3. The van der Waals surface area contributed by atoms with Crippen LogP contribution in [-0.2, 0) is 24.2 Å². The van der Waals surface area contributed by atoms with E-state index in [2.05, 4.69) is 20.4 Å². The molecule has 0 saturated heterocycles. The summed E-state index contributed by atoms with van der Waals surface area (Å²) in [4.78, 5) is 21.6. The van der Waals surface area contributed by atoms with Crippen LogP contribution in [0.2, 0.25) is 0 Å². The third-order valence-electron chi connectivity index (χ3n) is 3.84. The number of hydrogen-bond acceptors (Lipinski definition) is 7. The summed E-state index contributed by atoms with van der Waals surface area (Å²) in [6, 6.07) is 9.61. The van der Waals surface area contributed by atoms with Gasteiger partial charge in [0.05, 0.1) is 17.8 Å². The van der Waals surface area contributed by atoms with Gasteiger partial charge in [0.25, 0.3) is 0 Å². The van der Waals surface area contributed by atoms with Crippen molar-refractivity contribution in [3.63, 3.8) is 0 Å². The van der Waals surface area contributed by atoms with Crippen LogP contribution >= 0.6 is 22.7 Å². The average molecular weight is 400 g/mol. The van der Waals surface area contributed by atoms with Gasteiger partial charge in [0.15, 0.2) is 0 Å². The van der Waals surface area contributed by atoms with E-state index in [9.17, 15) is 4.79 Å². The van der Waals surface area contributed by atoms with Crippen molar-refractivity contribution in [3.8, 4) is 5.75 Å². The van der Waals surface area contributed by atoms with E-state index in [1.165, 1.54) is 17.7 Å². The highest BCUT2D eigenvalue weighted by atomic mass is 32.1. The third-order valence-corrected chi connectivity index (χ3v) is 5.59. The van der Waals surface area contributed by atoms with Gasteiger partial charge in [0.1, 0.15) is 23.7 Å². The van der Waals surface area contributed by atoms with Gasteiger partial charge in [-0.05, 0) is 12.1 Å². The highest BCUT2D eigenvalue weighted by molar-refractivity contribution is 7.15. The first-order chi connectivity index (χ1) is 13.3. The fourth-order valence-electron chi connectivity index (χ4n) is 2.56. The minimum absolute atomic E-state index is 0.0408. The van der Waals surface area contributed by atoms with Gasteiger partial charge < -0.3 is 10.1 Å². The lowest BCUT2D eigenvalue weighted by Crippen LogP contribution is -2.27. The summed E-state index contributed by atoms with van der Waals surface area (Å²) in [7, 11) is 0. The van der Waals surface area contributed by atoms with Crippen LogP contribution in [0.15, 0.2) is 47.4 Å². The summed E-state index contributed by atoms with van der Waals surface area (Å²) in [5, 5.41) is 11.9. The van der Waals surface area contributed by atoms with Crippen molar-refractivity contribution < 1.29 is 9.53 Å². The molecule has 0 aliphatic heterocycles. The molecule has 1 amide bonds. The quantitative estimate of drug-likeness (QED) is 0.493. The number of fused-ring (bicyclic) bond motifs is 1. The van der Waals surface area contributed by atoms with E-state index < -0.39 is 0 Å². The number of carbonyl (C=O) groups is 1. The number of amides is 1. The molecule has 138 valence electrons. The van der Waals surface area contributed by atoms with Crippen LogP contribution in [0.3, 0.4) is 0 Å². The Bertz CT molecular complexity index is 1020. The second kappa shape index (κ2) is 8.28. The van der Waals surface area contributed by atoms with Crippen LogP contribution < -0.4 is 10.1 Å². The van der Waals surface area contributed by atoms with Gasteiger partial charge in [0, 0.05) is 23.7 Å². The molecular formula is C18H17N5O2S2. The van der Waals surface area contributed by atoms with E-state index in [-0.39, 0.29) is 12.3 Å². The van der Waals surface area contributed by atoms with E-state index in [1.54, 1.807) is 15.9 Å². The Hall–Kier alpha value is -2.78. The molecule has 0 spiro atoms. The smallest absolute Gasteiger partial charge is 0.226 e. The Kier molecular flexibility index (Phi) is 5.40. The molecule has 1 aromatic carbocycles. The standard InChI is InChI=1S/C18H17N5O2S2/c24-16(19-7-6-14-11-27-18-20-12-21-23(14)18)8-13-10-26-17(22-13)9-25-15-4-2-1-3-5-15/h1-5,10-12H,6-9H2,(H,19,24). The van der Waals surface area contributed by atoms with E-state index in [0.29, 0.717) is 19.6 Å². The van der Waals surface area contributed by atoms with Crippen LogP contribution in [0.5, 0.6) is 5.75 Å². The van der Waals surface area contributed by atoms with Crippen molar-refractivity contribution in [2.24, 2.45) is 0 Å². The van der Waals surface area contributed by atoms with Crippen molar-refractivity contribution in [1.29, 1.82) is 0 Å². The normalized spacial score (nSPS) is 11.0.